The third-order valence-electron chi connectivity index (χ3n) is 4.28. The number of hydrogen-bond donors (Lipinski definition) is 1. The van der Waals surface area contributed by atoms with E-state index in [4.69, 9.17) is 0 Å². The lowest BCUT2D eigenvalue weighted by molar-refractivity contribution is 0.146. The zero-order valence-corrected chi connectivity index (χ0v) is 13.3. The summed E-state index contributed by atoms with van der Waals surface area (Å²) in [6.07, 6.45) is 1.87. The molecule has 1 unspecified atom stereocenters. The third kappa shape index (κ3) is 4.16. The van der Waals surface area contributed by atoms with Crippen molar-refractivity contribution >= 4 is 6.03 Å². The lowest BCUT2D eigenvalue weighted by atomic mass is 10.0. The summed E-state index contributed by atoms with van der Waals surface area (Å²) in [4.78, 5) is 16.2. The SMILES string of the molecule is CC(NC(=O)N(C)C1CCN(C)CC1)c1cc(F)cc(F)c1. The number of nitrogens with zero attached hydrogens (tertiary/aromatic N) is 2. The summed E-state index contributed by atoms with van der Waals surface area (Å²) in [5, 5.41) is 2.80. The van der Waals surface area contributed by atoms with Crippen molar-refractivity contribution in [2.75, 3.05) is 27.2 Å². The van der Waals surface area contributed by atoms with E-state index in [0.29, 0.717) is 5.56 Å². The summed E-state index contributed by atoms with van der Waals surface area (Å²) >= 11 is 0. The third-order valence-corrected chi connectivity index (χ3v) is 4.28. The van der Waals surface area contributed by atoms with Gasteiger partial charge in [-0.1, -0.05) is 0 Å². The largest absolute Gasteiger partial charge is 0.331 e. The summed E-state index contributed by atoms with van der Waals surface area (Å²) in [6.45, 7) is 3.65. The molecule has 1 fully saturated rings. The fourth-order valence-corrected chi connectivity index (χ4v) is 2.74. The maximum absolute atomic E-state index is 13.2. The van der Waals surface area contributed by atoms with Gasteiger partial charge in [0.1, 0.15) is 11.6 Å². The second-order valence-corrected chi connectivity index (χ2v) is 6.02. The summed E-state index contributed by atoms with van der Waals surface area (Å²) in [7, 11) is 3.83. The molecule has 1 aromatic rings. The minimum Gasteiger partial charge on any atom is -0.331 e. The van der Waals surface area contributed by atoms with E-state index in [9.17, 15) is 13.6 Å². The van der Waals surface area contributed by atoms with E-state index in [1.165, 1.54) is 12.1 Å². The second kappa shape index (κ2) is 7.05. The van der Waals surface area contributed by atoms with E-state index < -0.39 is 17.7 Å². The molecule has 0 saturated carbocycles. The molecule has 1 saturated heterocycles. The number of amides is 2. The molecule has 0 aromatic heterocycles. The second-order valence-electron chi connectivity index (χ2n) is 6.02. The van der Waals surface area contributed by atoms with Crippen molar-refractivity contribution in [3.05, 3.63) is 35.4 Å². The highest BCUT2D eigenvalue weighted by Crippen LogP contribution is 2.18. The van der Waals surface area contributed by atoms with Crippen molar-refractivity contribution in [1.29, 1.82) is 0 Å². The number of benzene rings is 1. The normalized spacial score (nSPS) is 18.0. The highest BCUT2D eigenvalue weighted by Gasteiger charge is 2.25. The quantitative estimate of drug-likeness (QED) is 0.932. The van der Waals surface area contributed by atoms with Crippen molar-refractivity contribution in [2.45, 2.75) is 31.8 Å². The van der Waals surface area contributed by atoms with Gasteiger partial charge in [-0.2, -0.15) is 0 Å². The summed E-state index contributed by atoms with van der Waals surface area (Å²) in [6, 6.07) is 2.83. The van der Waals surface area contributed by atoms with Gasteiger partial charge in [0.05, 0.1) is 6.04 Å². The van der Waals surface area contributed by atoms with Crippen molar-refractivity contribution in [3.63, 3.8) is 0 Å². The Morgan fingerprint density at radius 3 is 2.36 bits per heavy atom. The van der Waals surface area contributed by atoms with Crippen LogP contribution < -0.4 is 5.32 Å². The van der Waals surface area contributed by atoms with Crippen molar-refractivity contribution in [2.24, 2.45) is 0 Å². The van der Waals surface area contributed by atoms with Gasteiger partial charge in [0, 0.05) is 19.2 Å². The molecule has 22 heavy (non-hydrogen) atoms. The van der Waals surface area contributed by atoms with Crippen molar-refractivity contribution in [3.8, 4) is 0 Å². The standard InChI is InChI=1S/C16H23F2N3O/c1-11(12-8-13(17)10-14(18)9-12)19-16(22)21(3)15-4-6-20(2)7-5-15/h8-11,15H,4-7H2,1-3H3,(H,19,22). The van der Waals surface area contributed by atoms with Crippen LogP contribution in [0, 0.1) is 11.6 Å². The molecule has 0 bridgehead atoms. The molecule has 6 heteroatoms. The molecule has 1 N–H and O–H groups in total. The Morgan fingerprint density at radius 2 is 1.82 bits per heavy atom. The molecule has 1 heterocycles. The Labute approximate surface area is 130 Å². The van der Waals surface area contributed by atoms with Crippen LogP contribution in [-0.2, 0) is 0 Å². The predicted molar refractivity (Wildman–Crippen MR) is 81.6 cm³/mol. The van der Waals surface area contributed by atoms with Crippen LogP contribution in [0.4, 0.5) is 13.6 Å². The number of likely N-dealkylation sites (tertiary alicyclic amines) is 1. The number of carbonyl (C=O) groups excluding carboxylic acids is 1. The van der Waals surface area contributed by atoms with Crippen molar-refractivity contribution < 1.29 is 13.6 Å². The molecule has 2 amide bonds. The van der Waals surface area contributed by atoms with Gasteiger partial charge in [0.25, 0.3) is 0 Å². The van der Waals surface area contributed by atoms with Crippen LogP contribution in [0.2, 0.25) is 0 Å². The molecular formula is C16H23F2N3O. The first-order valence-electron chi connectivity index (χ1n) is 7.54. The van der Waals surface area contributed by atoms with Crippen LogP contribution >= 0.6 is 0 Å². The number of piperidine rings is 1. The van der Waals surface area contributed by atoms with Crippen molar-refractivity contribution in [1.82, 2.24) is 15.1 Å². The number of carbonyl (C=O) groups is 1. The van der Waals surface area contributed by atoms with Gasteiger partial charge in [-0.15, -0.1) is 0 Å². The monoisotopic (exact) mass is 311 g/mol. The first-order chi connectivity index (χ1) is 10.4. The summed E-state index contributed by atoms with van der Waals surface area (Å²) < 4.78 is 26.5. The molecule has 1 aliphatic heterocycles. The van der Waals surface area contributed by atoms with Crippen LogP contribution in [0.5, 0.6) is 0 Å². The smallest absolute Gasteiger partial charge is 0.317 e. The highest BCUT2D eigenvalue weighted by atomic mass is 19.1. The molecule has 0 spiro atoms. The van der Waals surface area contributed by atoms with E-state index in [-0.39, 0.29) is 12.1 Å². The molecule has 122 valence electrons. The Hall–Kier alpha value is -1.69. The molecule has 4 nitrogen and oxygen atoms in total. The van der Waals surface area contributed by atoms with Gasteiger partial charge in [0.15, 0.2) is 0 Å². The Bertz CT molecular complexity index is 510. The van der Waals surface area contributed by atoms with Crippen LogP contribution in [-0.4, -0.2) is 49.1 Å². The number of hydrogen-bond acceptors (Lipinski definition) is 2. The first kappa shape index (κ1) is 16.7. The van der Waals surface area contributed by atoms with E-state index >= 15 is 0 Å². The maximum atomic E-state index is 13.2. The minimum absolute atomic E-state index is 0.202. The van der Waals surface area contributed by atoms with E-state index in [1.807, 2.05) is 0 Å². The number of rotatable bonds is 3. The van der Waals surface area contributed by atoms with Gasteiger partial charge in [-0.3, -0.25) is 0 Å². The number of urea groups is 1. The van der Waals surface area contributed by atoms with Gasteiger partial charge < -0.3 is 15.1 Å². The van der Waals surface area contributed by atoms with Crippen LogP contribution in [0.25, 0.3) is 0 Å². The molecule has 1 atom stereocenters. The van der Waals surface area contributed by atoms with Gasteiger partial charge >= 0.3 is 6.03 Å². The lowest BCUT2D eigenvalue weighted by Gasteiger charge is -2.35. The summed E-state index contributed by atoms with van der Waals surface area (Å²) in [5.41, 5.74) is 0.419. The molecule has 2 rings (SSSR count). The fraction of sp³-hybridized carbons (Fsp3) is 0.562. The lowest BCUT2D eigenvalue weighted by Crippen LogP contribution is -2.48. The molecule has 1 aliphatic rings. The van der Waals surface area contributed by atoms with Gasteiger partial charge in [-0.05, 0) is 57.6 Å². The molecule has 1 aromatic carbocycles. The average molecular weight is 311 g/mol. The Morgan fingerprint density at radius 1 is 1.27 bits per heavy atom. The maximum Gasteiger partial charge on any atom is 0.317 e. The minimum atomic E-state index is -0.639. The van der Waals surface area contributed by atoms with Gasteiger partial charge in [0.2, 0.25) is 0 Å². The highest BCUT2D eigenvalue weighted by molar-refractivity contribution is 5.74. The van der Waals surface area contributed by atoms with Crippen LogP contribution in [0.3, 0.4) is 0 Å². The van der Waals surface area contributed by atoms with E-state index in [2.05, 4.69) is 17.3 Å². The first-order valence-corrected chi connectivity index (χ1v) is 7.54. The molecular weight excluding hydrogens is 288 g/mol. The Balaban J connectivity index is 1.95. The average Bonchev–Trinajstić information content (AvgIpc) is 2.46. The molecule has 0 radical (unpaired) electrons. The van der Waals surface area contributed by atoms with Crippen LogP contribution in [0.1, 0.15) is 31.4 Å². The predicted octanol–water partition coefficient (Wildman–Crippen LogP) is 2.76. The number of nitrogens with one attached hydrogen (secondary N) is 1. The summed E-state index contributed by atoms with van der Waals surface area (Å²) in [5.74, 6) is -1.28. The molecule has 0 aliphatic carbocycles. The zero-order chi connectivity index (χ0) is 16.3. The Kier molecular flexibility index (Phi) is 5.34. The topological polar surface area (TPSA) is 35.6 Å². The number of halogens is 2. The fourth-order valence-electron chi connectivity index (χ4n) is 2.74. The zero-order valence-electron chi connectivity index (χ0n) is 13.3. The van der Waals surface area contributed by atoms with E-state index in [1.54, 1.807) is 18.9 Å². The van der Waals surface area contributed by atoms with Crippen LogP contribution in [0.15, 0.2) is 18.2 Å². The van der Waals surface area contributed by atoms with E-state index in [0.717, 1.165) is 32.0 Å². The van der Waals surface area contributed by atoms with Gasteiger partial charge in [-0.25, -0.2) is 13.6 Å².